The Kier molecular flexibility index (Phi) is 4.07. The summed E-state index contributed by atoms with van der Waals surface area (Å²) in [6.07, 6.45) is 4.32. The minimum Gasteiger partial charge on any atom is -0.484 e. The molecule has 1 aromatic heterocycles. The van der Waals surface area contributed by atoms with Gasteiger partial charge in [-0.3, -0.25) is 9.78 Å². The number of rotatable bonds is 5. The summed E-state index contributed by atoms with van der Waals surface area (Å²) in [7, 11) is 0. The molecule has 0 spiro atoms. The standard InChI is InChI=1S/C15H15NO2/c1-2-12-8-14(10-16-9-12)18-11-15(17)13-6-4-3-5-7-13/h3-10H,2,11H2,1H3. The SMILES string of the molecule is CCc1cncc(OCC(=O)c2ccccc2)c1. The fraction of sp³-hybridized carbons (Fsp3) is 0.200. The van der Waals surface area contributed by atoms with E-state index in [1.807, 2.05) is 24.3 Å². The van der Waals surface area contributed by atoms with Gasteiger partial charge in [-0.05, 0) is 18.1 Å². The number of pyridine rings is 1. The Balaban J connectivity index is 1.97. The number of ketones is 1. The molecular weight excluding hydrogens is 226 g/mol. The fourth-order valence-corrected chi connectivity index (χ4v) is 1.59. The number of hydrogen-bond acceptors (Lipinski definition) is 3. The van der Waals surface area contributed by atoms with E-state index in [9.17, 15) is 4.79 Å². The molecule has 0 bridgehead atoms. The monoisotopic (exact) mass is 241 g/mol. The third-order valence-electron chi connectivity index (χ3n) is 2.64. The average molecular weight is 241 g/mol. The zero-order valence-electron chi connectivity index (χ0n) is 10.3. The second-order valence-electron chi connectivity index (χ2n) is 3.96. The molecule has 0 amide bonds. The summed E-state index contributed by atoms with van der Waals surface area (Å²) in [5, 5.41) is 0. The van der Waals surface area contributed by atoms with Crippen LogP contribution in [0.1, 0.15) is 22.8 Å². The van der Waals surface area contributed by atoms with E-state index in [1.165, 1.54) is 0 Å². The molecule has 0 atom stereocenters. The van der Waals surface area contributed by atoms with Gasteiger partial charge in [0.25, 0.3) is 0 Å². The summed E-state index contributed by atoms with van der Waals surface area (Å²) >= 11 is 0. The summed E-state index contributed by atoms with van der Waals surface area (Å²) in [5.74, 6) is 0.608. The van der Waals surface area contributed by atoms with Crippen LogP contribution in [0.25, 0.3) is 0 Å². The molecular formula is C15H15NO2. The highest BCUT2D eigenvalue weighted by Crippen LogP contribution is 2.12. The van der Waals surface area contributed by atoms with Crippen molar-refractivity contribution in [1.29, 1.82) is 0 Å². The van der Waals surface area contributed by atoms with Gasteiger partial charge in [-0.15, -0.1) is 0 Å². The highest BCUT2D eigenvalue weighted by atomic mass is 16.5. The van der Waals surface area contributed by atoms with Gasteiger partial charge in [-0.25, -0.2) is 0 Å². The minimum atomic E-state index is -0.0301. The predicted molar refractivity (Wildman–Crippen MR) is 69.9 cm³/mol. The van der Waals surface area contributed by atoms with Crippen molar-refractivity contribution in [2.75, 3.05) is 6.61 Å². The lowest BCUT2D eigenvalue weighted by atomic mass is 10.1. The van der Waals surface area contributed by atoms with Crippen LogP contribution >= 0.6 is 0 Å². The number of ether oxygens (including phenoxy) is 1. The number of Topliss-reactive ketones (excluding diaryl/α,β-unsaturated/α-hetero) is 1. The topological polar surface area (TPSA) is 39.2 Å². The van der Waals surface area contributed by atoms with Crippen LogP contribution in [0.3, 0.4) is 0 Å². The summed E-state index contributed by atoms with van der Waals surface area (Å²) in [5.41, 5.74) is 1.76. The lowest BCUT2D eigenvalue weighted by Crippen LogP contribution is -2.11. The number of benzene rings is 1. The van der Waals surface area contributed by atoms with E-state index in [0.717, 1.165) is 12.0 Å². The van der Waals surface area contributed by atoms with Crippen LogP contribution in [0, 0.1) is 0 Å². The van der Waals surface area contributed by atoms with Crippen LogP contribution < -0.4 is 4.74 Å². The molecule has 3 heteroatoms. The largest absolute Gasteiger partial charge is 0.484 e. The highest BCUT2D eigenvalue weighted by molar-refractivity contribution is 5.97. The zero-order chi connectivity index (χ0) is 12.8. The predicted octanol–water partition coefficient (Wildman–Crippen LogP) is 2.91. The fourth-order valence-electron chi connectivity index (χ4n) is 1.59. The van der Waals surface area contributed by atoms with E-state index in [1.54, 1.807) is 24.5 Å². The highest BCUT2D eigenvalue weighted by Gasteiger charge is 2.06. The Hall–Kier alpha value is -2.16. The van der Waals surface area contributed by atoms with Crippen molar-refractivity contribution in [3.05, 3.63) is 59.9 Å². The van der Waals surface area contributed by atoms with Gasteiger partial charge < -0.3 is 4.74 Å². The van der Waals surface area contributed by atoms with Crippen molar-refractivity contribution in [3.63, 3.8) is 0 Å². The Morgan fingerprint density at radius 2 is 2.00 bits per heavy atom. The molecule has 0 aliphatic carbocycles. The van der Waals surface area contributed by atoms with E-state index in [2.05, 4.69) is 11.9 Å². The van der Waals surface area contributed by atoms with Crippen LogP contribution in [0.5, 0.6) is 5.75 Å². The second-order valence-corrected chi connectivity index (χ2v) is 3.96. The zero-order valence-corrected chi connectivity index (χ0v) is 10.3. The van der Waals surface area contributed by atoms with Gasteiger partial charge in [0.2, 0.25) is 0 Å². The smallest absolute Gasteiger partial charge is 0.200 e. The van der Waals surface area contributed by atoms with Crippen molar-refractivity contribution < 1.29 is 9.53 Å². The second kappa shape index (κ2) is 5.96. The molecule has 1 heterocycles. The molecule has 0 N–H and O–H groups in total. The maximum absolute atomic E-state index is 11.8. The lowest BCUT2D eigenvalue weighted by molar-refractivity contribution is 0.0921. The Labute approximate surface area is 106 Å². The van der Waals surface area contributed by atoms with Crippen LogP contribution in [-0.2, 0) is 6.42 Å². The molecule has 18 heavy (non-hydrogen) atoms. The number of nitrogens with zero attached hydrogens (tertiary/aromatic N) is 1. The van der Waals surface area contributed by atoms with Crippen molar-refractivity contribution in [2.24, 2.45) is 0 Å². The van der Waals surface area contributed by atoms with Gasteiger partial charge in [-0.2, -0.15) is 0 Å². The normalized spacial score (nSPS) is 10.1. The van der Waals surface area contributed by atoms with E-state index < -0.39 is 0 Å². The van der Waals surface area contributed by atoms with E-state index in [4.69, 9.17) is 4.74 Å². The minimum absolute atomic E-state index is 0.0301. The molecule has 1 aromatic carbocycles. The average Bonchev–Trinajstić information content (AvgIpc) is 2.46. The van der Waals surface area contributed by atoms with Crippen LogP contribution in [0.4, 0.5) is 0 Å². The molecule has 92 valence electrons. The molecule has 0 radical (unpaired) electrons. The molecule has 0 saturated heterocycles. The number of aryl methyl sites for hydroxylation is 1. The Morgan fingerprint density at radius 3 is 2.72 bits per heavy atom. The van der Waals surface area contributed by atoms with E-state index >= 15 is 0 Å². The first-order chi connectivity index (χ1) is 8.79. The summed E-state index contributed by atoms with van der Waals surface area (Å²) in [4.78, 5) is 15.9. The van der Waals surface area contributed by atoms with E-state index in [0.29, 0.717) is 11.3 Å². The number of aromatic nitrogens is 1. The van der Waals surface area contributed by atoms with Gasteiger partial charge in [0, 0.05) is 11.8 Å². The van der Waals surface area contributed by atoms with Gasteiger partial charge in [0.1, 0.15) is 5.75 Å². The summed E-state index contributed by atoms with van der Waals surface area (Å²) in [6.45, 7) is 2.09. The summed E-state index contributed by atoms with van der Waals surface area (Å²) < 4.78 is 5.45. The molecule has 2 rings (SSSR count). The van der Waals surface area contributed by atoms with Crippen molar-refractivity contribution in [3.8, 4) is 5.75 Å². The maximum Gasteiger partial charge on any atom is 0.200 e. The molecule has 0 unspecified atom stereocenters. The van der Waals surface area contributed by atoms with Gasteiger partial charge >= 0.3 is 0 Å². The van der Waals surface area contributed by atoms with Crippen molar-refractivity contribution in [1.82, 2.24) is 4.98 Å². The molecule has 3 nitrogen and oxygen atoms in total. The van der Waals surface area contributed by atoms with Crippen LogP contribution in [0.15, 0.2) is 48.8 Å². The van der Waals surface area contributed by atoms with E-state index in [-0.39, 0.29) is 12.4 Å². The quantitative estimate of drug-likeness (QED) is 0.755. The Morgan fingerprint density at radius 1 is 1.22 bits per heavy atom. The van der Waals surface area contributed by atoms with Crippen molar-refractivity contribution in [2.45, 2.75) is 13.3 Å². The third-order valence-corrected chi connectivity index (χ3v) is 2.64. The lowest BCUT2D eigenvalue weighted by Gasteiger charge is -2.06. The molecule has 0 saturated carbocycles. The molecule has 0 fully saturated rings. The first-order valence-electron chi connectivity index (χ1n) is 5.94. The third kappa shape index (κ3) is 3.17. The number of carbonyl (C=O) groups excluding carboxylic acids is 1. The first kappa shape index (κ1) is 12.3. The van der Waals surface area contributed by atoms with Gasteiger partial charge in [0.05, 0.1) is 6.20 Å². The maximum atomic E-state index is 11.8. The first-order valence-corrected chi connectivity index (χ1v) is 5.94. The van der Waals surface area contributed by atoms with Gasteiger partial charge in [-0.1, -0.05) is 37.3 Å². The molecule has 2 aromatic rings. The Bertz CT molecular complexity index is 523. The summed E-state index contributed by atoms with van der Waals surface area (Å²) in [6, 6.07) is 11.0. The molecule has 0 aliphatic heterocycles. The van der Waals surface area contributed by atoms with Crippen LogP contribution in [-0.4, -0.2) is 17.4 Å². The van der Waals surface area contributed by atoms with Crippen molar-refractivity contribution >= 4 is 5.78 Å². The number of carbonyl (C=O) groups is 1. The molecule has 0 aliphatic rings. The number of hydrogen-bond donors (Lipinski definition) is 0. The van der Waals surface area contributed by atoms with Crippen LogP contribution in [0.2, 0.25) is 0 Å². The van der Waals surface area contributed by atoms with Gasteiger partial charge in [0.15, 0.2) is 12.4 Å².